The number of quaternary nitrogens is 1. The molecule has 4 N–H and O–H groups in total. The molecule has 0 aliphatic heterocycles. The minimum atomic E-state index is -0.380. The van der Waals surface area contributed by atoms with Crippen molar-refractivity contribution in [3.8, 4) is 0 Å². The average Bonchev–Trinajstić information content (AvgIpc) is 3.21. The maximum atomic E-state index is 12.5. The first kappa shape index (κ1) is 19.6. The molecule has 1 heterocycles. The highest BCUT2D eigenvalue weighted by atomic mass is 32.1. The van der Waals surface area contributed by atoms with Crippen molar-refractivity contribution in [3.63, 3.8) is 0 Å². The molecule has 0 unspecified atom stereocenters. The molecule has 1 aliphatic rings. The van der Waals surface area contributed by atoms with E-state index < -0.39 is 0 Å². The van der Waals surface area contributed by atoms with Gasteiger partial charge >= 0.3 is 6.03 Å². The molecule has 1 saturated carbocycles. The quantitative estimate of drug-likeness (QED) is 0.714. The number of nitrogens with one attached hydrogen (secondary N) is 2. The van der Waals surface area contributed by atoms with Gasteiger partial charge in [-0.05, 0) is 31.2 Å². The maximum absolute atomic E-state index is 12.5. The van der Waals surface area contributed by atoms with Gasteiger partial charge in [-0.1, -0.05) is 55.7 Å². The minimum Gasteiger partial charge on any atom is -0.335 e. The highest BCUT2D eigenvalue weighted by Gasteiger charge is 2.27. The summed E-state index contributed by atoms with van der Waals surface area (Å²) in [5.41, 5.74) is 1.14. The Morgan fingerprint density at radius 1 is 1.07 bits per heavy atom. The van der Waals surface area contributed by atoms with Crippen LogP contribution in [0.5, 0.6) is 0 Å². The van der Waals surface area contributed by atoms with E-state index in [0.29, 0.717) is 0 Å². The summed E-state index contributed by atoms with van der Waals surface area (Å²) in [6.07, 6.45) is 5.51. The Labute approximate surface area is 164 Å². The lowest BCUT2D eigenvalue weighted by atomic mass is 9.96. The van der Waals surface area contributed by atoms with Gasteiger partial charge in [0.05, 0.1) is 4.88 Å². The van der Waals surface area contributed by atoms with Crippen LogP contribution in [0.1, 0.15) is 55.5 Å². The molecule has 3 amide bonds. The smallest absolute Gasteiger partial charge is 0.321 e. The summed E-state index contributed by atoms with van der Waals surface area (Å²) in [5, 5.41) is 9.51. The zero-order valence-corrected chi connectivity index (χ0v) is 16.5. The second kappa shape index (κ2) is 9.67. The summed E-state index contributed by atoms with van der Waals surface area (Å²) in [4.78, 5) is 25.9. The summed E-state index contributed by atoms with van der Waals surface area (Å²) in [5.74, 6) is -0.263. The lowest BCUT2D eigenvalue weighted by Crippen LogP contribution is -2.92. The maximum Gasteiger partial charge on any atom is 0.321 e. The van der Waals surface area contributed by atoms with Crippen LogP contribution >= 0.6 is 11.3 Å². The number of hydrogen-bond acceptors (Lipinski definition) is 3. The topological polar surface area (TPSA) is 74.8 Å². The molecular formula is C21H28N3O2S+. The number of rotatable bonds is 6. The summed E-state index contributed by atoms with van der Waals surface area (Å²) in [7, 11) is 0. The van der Waals surface area contributed by atoms with Gasteiger partial charge in [0.25, 0.3) is 5.91 Å². The molecular weight excluding hydrogens is 358 g/mol. The van der Waals surface area contributed by atoms with Gasteiger partial charge < -0.3 is 10.6 Å². The van der Waals surface area contributed by atoms with Gasteiger partial charge in [-0.25, -0.2) is 4.79 Å². The summed E-state index contributed by atoms with van der Waals surface area (Å²) >= 11 is 1.67. The SMILES string of the molecule is C[C@H]([NH2+][C@H](c1ccccc1)c1cccs1)C(=O)NC(=O)NC1CCCCC1. The molecule has 0 bridgehead atoms. The number of carbonyl (C=O) groups excluding carboxylic acids is 2. The van der Waals surface area contributed by atoms with E-state index in [1.807, 2.05) is 41.9 Å². The predicted molar refractivity (Wildman–Crippen MR) is 108 cm³/mol. The van der Waals surface area contributed by atoms with E-state index in [-0.39, 0.29) is 30.1 Å². The Bertz CT molecular complexity index is 727. The molecule has 1 aromatic carbocycles. The lowest BCUT2D eigenvalue weighted by molar-refractivity contribution is -0.704. The van der Waals surface area contributed by atoms with Crippen molar-refractivity contribution in [2.75, 3.05) is 0 Å². The van der Waals surface area contributed by atoms with Crippen molar-refractivity contribution in [2.45, 2.75) is 57.2 Å². The number of carbonyl (C=O) groups is 2. The van der Waals surface area contributed by atoms with Gasteiger partial charge in [-0.15, -0.1) is 11.3 Å². The normalized spacial score (nSPS) is 17.1. The first-order chi connectivity index (χ1) is 13.1. The monoisotopic (exact) mass is 386 g/mol. The molecule has 2 atom stereocenters. The third-order valence-electron chi connectivity index (χ3n) is 5.08. The summed E-state index contributed by atoms with van der Waals surface area (Å²) in [6, 6.07) is 13.7. The van der Waals surface area contributed by atoms with Gasteiger partial charge in [-0.2, -0.15) is 0 Å². The second-order valence-corrected chi connectivity index (χ2v) is 8.16. The average molecular weight is 387 g/mol. The number of thiophene rings is 1. The standard InChI is InChI=1S/C21H27N3O2S/c1-15(20(25)24-21(26)23-17-11-6-3-7-12-17)22-19(18-13-8-14-27-18)16-9-4-2-5-10-16/h2,4-5,8-10,13-15,17,19,22H,3,6-7,11-12H2,1H3,(H2,23,24,25,26)/p+1/t15-,19+/m0/s1. The van der Waals surface area contributed by atoms with Gasteiger partial charge in [0.2, 0.25) is 0 Å². The molecule has 0 saturated heterocycles. The third kappa shape index (κ3) is 5.65. The van der Waals surface area contributed by atoms with Crippen LogP contribution in [0, 0.1) is 0 Å². The molecule has 6 heteroatoms. The van der Waals surface area contributed by atoms with Crippen molar-refractivity contribution in [2.24, 2.45) is 0 Å². The number of urea groups is 1. The molecule has 0 radical (unpaired) electrons. The van der Waals surface area contributed by atoms with Crippen LogP contribution in [0.4, 0.5) is 4.79 Å². The summed E-state index contributed by atoms with van der Waals surface area (Å²) < 4.78 is 0. The number of nitrogens with two attached hydrogens (primary N) is 1. The molecule has 5 nitrogen and oxygen atoms in total. The van der Waals surface area contributed by atoms with Crippen LogP contribution in [-0.4, -0.2) is 24.0 Å². The Kier molecular flexibility index (Phi) is 7.01. The fraction of sp³-hybridized carbons (Fsp3) is 0.429. The molecule has 0 spiro atoms. The lowest BCUT2D eigenvalue weighted by Gasteiger charge is -2.23. The van der Waals surface area contributed by atoms with Gasteiger partial charge in [0, 0.05) is 11.6 Å². The molecule has 1 fully saturated rings. The van der Waals surface area contributed by atoms with Crippen molar-refractivity contribution >= 4 is 23.3 Å². The van der Waals surface area contributed by atoms with E-state index in [4.69, 9.17) is 0 Å². The molecule has 1 aliphatic carbocycles. The minimum absolute atomic E-state index is 0.0355. The molecule has 144 valence electrons. The van der Waals surface area contributed by atoms with Gasteiger partial charge in [0.15, 0.2) is 6.04 Å². The highest BCUT2D eigenvalue weighted by molar-refractivity contribution is 7.10. The van der Waals surface area contributed by atoms with Crippen molar-refractivity contribution in [1.82, 2.24) is 10.6 Å². The van der Waals surface area contributed by atoms with Gasteiger partial charge in [-0.3, -0.25) is 10.1 Å². The molecule has 2 aromatic rings. The van der Waals surface area contributed by atoms with E-state index in [1.165, 1.54) is 11.3 Å². The van der Waals surface area contributed by atoms with Crippen LogP contribution in [0.3, 0.4) is 0 Å². The number of amides is 3. The first-order valence-electron chi connectivity index (χ1n) is 9.68. The Morgan fingerprint density at radius 2 is 1.81 bits per heavy atom. The van der Waals surface area contributed by atoms with Crippen LogP contribution in [-0.2, 0) is 4.79 Å². The molecule has 1 aromatic heterocycles. The van der Waals surface area contributed by atoms with Crippen molar-refractivity contribution in [3.05, 3.63) is 58.3 Å². The zero-order valence-electron chi connectivity index (χ0n) is 15.7. The molecule has 27 heavy (non-hydrogen) atoms. The Morgan fingerprint density at radius 3 is 2.48 bits per heavy atom. The highest BCUT2D eigenvalue weighted by Crippen LogP contribution is 2.22. The van der Waals surface area contributed by atoms with E-state index >= 15 is 0 Å². The Balaban J connectivity index is 1.58. The zero-order chi connectivity index (χ0) is 19.1. The van der Waals surface area contributed by atoms with Crippen LogP contribution in [0.15, 0.2) is 47.8 Å². The number of benzene rings is 1. The Hall–Kier alpha value is -2.18. The van der Waals surface area contributed by atoms with Gasteiger partial charge in [0.1, 0.15) is 6.04 Å². The van der Waals surface area contributed by atoms with Crippen LogP contribution < -0.4 is 16.0 Å². The van der Waals surface area contributed by atoms with Crippen LogP contribution in [0.2, 0.25) is 0 Å². The number of hydrogen-bond donors (Lipinski definition) is 3. The fourth-order valence-corrected chi connectivity index (χ4v) is 4.40. The van der Waals surface area contributed by atoms with Crippen molar-refractivity contribution in [1.29, 1.82) is 0 Å². The van der Waals surface area contributed by atoms with E-state index in [2.05, 4.69) is 28.8 Å². The summed E-state index contributed by atoms with van der Waals surface area (Å²) in [6.45, 7) is 1.84. The van der Waals surface area contributed by atoms with Crippen molar-refractivity contribution < 1.29 is 14.9 Å². The van der Waals surface area contributed by atoms with Crippen LogP contribution in [0.25, 0.3) is 0 Å². The third-order valence-corrected chi connectivity index (χ3v) is 6.04. The number of imide groups is 1. The fourth-order valence-electron chi connectivity index (χ4n) is 3.57. The molecule has 3 rings (SSSR count). The predicted octanol–water partition coefficient (Wildman–Crippen LogP) is 2.95. The van der Waals surface area contributed by atoms with E-state index in [1.54, 1.807) is 11.3 Å². The van der Waals surface area contributed by atoms with E-state index in [0.717, 1.165) is 31.2 Å². The van der Waals surface area contributed by atoms with E-state index in [9.17, 15) is 9.59 Å². The first-order valence-corrected chi connectivity index (χ1v) is 10.6. The second-order valence-electron chi connectivity index (χ2n) is 7.18. The largest absolute Gasteiger partial charge is 0.335 e.